The zero-order valence-electron chi connectivity index (χ0n) is 22.6. The van der Waals surface area contributed by atoms with Crippen LogP contribution < -0.4 is 0 Å². The Morgan fingerprint density at radius 2 is 1.85 bits per heavy atom. The fourth-order valence-electron chi connectivity index (χ4n) is 5.06. The van der Waals surface area contributed by atoms with E-state index in [1.165, 1.54) is 0 Å². The summed E-state index contributed by atoms with van der Waals surface area (Å²) in [6, 6.07) is 11.0. The van der Waals surface area contributed by atoms with Gasteiger partial charge in [0.25, 0.3) is 0 Å². The van der Waals surface area contributed by atoms with Crippen LogP contribution in [0.5, 0.6) is 0 Å². The minimum atomic E-state index is -0.483. The fraction of sp³-hybridized carbons (Fsp3) is 0.300. The summed E-state index contributed by atoms with van der Waals surface area (Å²) >= 11 is 7.84. The summed E-state index contributed by atoms with van der Waals surface area (Å²) in [6.07, 6.45) is 3.71. The molecule has 0 aliphatic carbocycles. The van der Waals surface area contributed by atoms with Crippen molar-refractivity contribution in [1.29, 1.82) is 0 Å². The van der Waals surface area contributed by atoms with Crippen LogP contribution in [0, 0.1) is 25.7 Å². The number of rotatable bonds is 3. The van der Waals surface area contributed by atoms with Gasteiger partial charge < -0.3 is 9.80 Å². The first-order chi connectivity index (χ1) is 19.4. The molecule has 40 heavy (non-hydrogen) atoms. The molecule has 5 heterocycles. The largest absolute Gasteiger partial charge is 0.340 e. The van der Waals surface area contributed by atoms with E-state index in [0.717, 1.165) is 56.8 Å². The van der Waals surface area contributed by atoms with E-state index in [4.69, 9.17) is 16.6 Å². The highest BCUT2D eigenvalue weighted by Gasteiger charge is 2.34. The molecule has 6 rings (SSSR count). The molecule has 0 spiro atoms. The van der Waals surface area contributed by atoms with Crippen molar-refractivity contribution in [2.75, 3.05) is 33.2 Å². The van der Waals surface area contributed by atoms with Crippen LogP contribution in [0.3, 0.4) is 0 Å². The van der Waals surface area contributed by atoms with Gasteiger partial charge in [0, 0.05) is 60.3 Å². The highest BCUT2D eigenvalue weighted by atomic mass is 35.5. The Labute approximate surface area is 242 Å². The van der Waals surface area contributed by atoms with E-state index in [-0.39, 0.29) is 12.3 Å². The third kappa shape index (κ3) is 5.06. The number of benzene rings is 1. The Balaban J connectivity index is 1.48. The number of pyridine rings is 1. The van der Waals surface area contributed by atoms with Crippen LogP contribution in [-0.2, 0) is 4.79 Å². The maximum Gasteiger partial charge on any atom is 0.225 e. The van der Waals surface area contributed by atoms with Crippen LogP contribution in [0.1, 0.15) is 51.2 Å². The van der Waals surface area contributed by atoms with E-state index in [1.54, 1.807) is 23.7 Å². The SMILES string of the molecule is Cc1c(C#Cc2cccnc2)sc2c1C(c1ccc(Cl)cc1)=N[C@@H](CC(=O)N1CCN(C)CC1)c1nnc(C)n1-2. The normalized spacial score (nSPS) is 16.9. The summed E-state index contributed by atoms with van der Waals surface area (Å²) in [5.41, 5.74) is 4.57. The van der Waals surface area contributed by atoms with Gasteiger partial charge in [-0.2, -0.15) is 0 Å². The number of amides is 1. The number of likely N-dealkylation sites (N-methyl/N-ethyl adjacent to an activating group) is 1. The van der Waals surface area contributed by atoms with E-state index in [2.05, 4.69) is 50.5 Å². The predicted octanol–water partition coefficient (Wildman–Crippen LogP) is 4.45. The molecule has 3 aromatic heterocycles. The first kappa shape index (κ1) is 26.4. The lowest BCUT2D eigenvalue weighted by atomic mass is 9.99. The first-order valence-electron chi connectivity index (χ1n) is 13.2. The topological polar surface area (TPSA) is 79.5 Å². The van der Waals surface area contributed by atoms with Crippen LogP contribution in [0.2, 0.25) is 5.02 Å². The summed E-state index contributed by atoms with van der Waals surface area (Å²) in [5, 5.41) is 10.6. The summed E-state index contributed by atoms with van der Waals surface area (Å²) in [6.45, 7) is 7.17. The van der Waals surface area contributed by atoms with Gasteiger partial charge in [0.2, 0.25) is 5.91 Å². The van der Waals surface area contributed by atoms with Gasteiger partial charge in [-0.15, -0.1) is 21.5 Å². The molecule has 1 amide bonds. The van der Waals surface area contributed by atoms with Crippen molar-refractivity contribution < 1.29 is 4.79 Å². The fourth-order valence-corrected chi connectivity index (χ4v) is 6.40. The van der Waals surface area contributed by atoms with Crippen molar-refractivity contribution >= 4 is 34.6 Å². The maximum atomic E-state index is 13.5. The molecule has 0 unspecified atom stereocenters. The van der Waals surface area contributed by atoms with Crippen molar-refractivity contribution in [1.82, 2.24) is 29.5 Å². The van der Waals surface area contributed by atoms with Gasteiger partial charge in [0.05, 0.1) is 17.0 Å². The molecule has 1 saturated heterocycles. The second-order valence-electron chi connectivity index (χ2n) is 10.1. The monoisotopic (exact) mass is 569 g/mol. The second-order valence-corrected chi connectivity index (χ2v) is 11.5. The van der Waals surface area contributed by atoms with Gasteiger partial charge in [-0.1, -0.05) is 35.6 Å². The molecule has 10 heteroatoms. The minimum Gasteiger partial charge on any atom is -0.340 e. The molecule has 0 N–H and O–H groups in total. The molecule has 0 saturated carbocycles. The van der Waals surface area contributed by atoms with Gasteiger partial charge in [-0.05, 0) is 50.7 Å². The zero-order chi connectivity index (χ0) is 27.8. The summed E-state index contributed by atoms with van der Waals surface area (Å²) in [4.78, 5) is 28.0. The number of aliphatic imine (C=N–C) groups is 1. The van der Waals surface area contributed by atoms with Gasteiger partial charge in [0.15, 0.2) is 5.82 Å². The van der Waals surface area contributed by atoms with Gasteiger partial charge >= 0.3 is 0 Å². The number of nitrogens with zero attached hydrogens (tertiary/aromatic N) is 7. The minimum absolute atomic E-state index is 0.0783. The van der Waals surface area contributed by atoms with E-state index in [9.17, 15) is 4.79 Å². The van der Waals surface area contributed by atoms with Crippen LogP contribution in [0.4, 0.5) is 0 Å². The van der Waals surface area contributed by atoms with Crippen LogP contribution in [0.15, 0.2) is 53.8 Å². The number of aryl methyl sites for hydroxylation is 1. The molecule has 0 radical (unpaired) electrons. The first-order valence-corrected chi connectivity index (χ1v) is 14.4. The molecule has 0 bridgehead atoms. The van der Waals surface area contributed by atoms with E-state index in [1.807, 2.05) is 48.2 Å². The Bertz CT molecular complexity index is 1660. The van der Waals surface area contributed by atoms with Crippen molar-refractivity contribution in [3.05, 3.63) is 92.6 Å². The Morgan fingerprint density at radius 1 is 1.07 bits per heavy atom. The number of hydrogen-bond donors (Lipinski definition) is 0. The highest BCUT2D eigenvalue weighted by molar-refractivity contribution is 7.15. The summed E-state index contributed by atoms with van der Waals surface area (Å²) < 4.78 is 2.05. The highest BCUT2D eigenvalue weighted by Crippen LogP contribution is 2.40. The summed E-state index contributed by atoms with van der Waals surface area (Å²) in [5.74, 6) is 8.08. The van der Waals surface area contributed by atoms with Crippen molar-refractivity contribution in [2.24, 2.45) is 4.99 Å². The molecular formula is C30H28ClN7OS. The number of carbonyl (C=O) groups is 1. The molecule has 1 aromatic carbocycles. The average molecular weight is 570 g/mol. The molecule has 1 fully saturated rings. The van der Waals surface area contributed by atoms with Crippen molar-refractivity contribution in [3.63, 3.8) is 0 Å². The van der Waals surface area contributed by atoms with Gasteiger partial charge in [-0.25, -0.2) is 0 Å². The molecule has 4 aromatic rings. The van der Waals surface area contributed by atoms with Crippen molar-refractivity contribution in [2.45, 2.75) is 26.3 Å². The van der Waals surface area contributed by atoms with E-state index >= 15 is 0 Å². The quantitative estimate of drug-likeness (QED) is 0.341. The van der Waals surface area contributed by atoms with E-state index in [0.29, 0.717) is 23.9 Å². The lowest BCUT2D eigenvalue weighted by Crippen LogP contribution is -2.47. The number of aromatic nitrogens is 4. The number of carbonyl (C=O) groups excluding carboxylic acids is 1. The molecule has 2 aliphatic heterocycles. The molecule has 1 atom stereocenters. The standard InChI is InChI=1S/C30H28ClN7OS/c1-19-25(11-6-21-5-4-12-32-18-21)40-30-27(19)28(22-7-9-23(31)10-8-22)33-24(29-35-34-20(2)38(29)30)17-26(39)37-15-13-36(3)14-16-37/h4-5,7-10,12,18,24H,13-17H2,1-3H3/t24-/m0/s1. The smallest absolute Gasteiger partial charge is 0.225 e. The van der Waals surface area contributed by atoms with Gasteiger partial charge in [0.1, 0.15) is 16.9 Å². The van der Waals surface area contributed by atoms with Gasteiger partial charge in [-0.3, -0.25) is 19.3 Å². The maximum absolute atomic E-state index is 13.5. The molecular weight excluding hydrogens is 542 g/mol. The molecule has 2 aliphatic rings. The third-order valence-corrected chi connectivity index (χ3v) is 8.77. The number of fused-ring (bicyclic) bond motifs is 3. The van der Waals surface area contributed by atoms with E-state index < -0.39 is 6.04 Å². The molecule has 202 valence electrons. The predicted molar refractivity (Wildman–Crippen MR) is 157 cm³/mol. The second kappa shape index (κ2) is 11.0. The number of halogens is 1. The number of piperazine rings is 1. The van der Waals surface area contributed by atoms with Crippen molar-refractivity contribution in [3.8, 4) is 16.8 Å². The number of hydrogen-bond acceptors (Lipinski definition) is 7. The Morgan fingerprint density at radius 3 is 2.58 bits per heavy atom. The summed E-state index contributed by atoms with van der Waals surface area (Å²) in [7, 11) is 2.08. The lowest BCUT2D eigenvalue weighted by Gasteiger charge is -2.33. The lowest BCUT2D eigenvalue weighted by molar-refractivity contribution is -0.133. The van der Waals surface area contributed by atoms with Crippen LogP contribution in [0.25, 0.3) is 5.00 Å². The average Bonchev–Trinajstić information content (AvgIpc) is 3.46. The zero-order valence-corrected chi connectivity index (χ0v) is 24.1. The Kier molecular flexibility index (Phi) is 7.24. The van der Waals surface area contributed by atoms with Crippen LogP contribution >= 0.6 is 22.9 Å². The van der Waals surface area contributed by atoms with Crippen LogP contribution in [-0.4, -0.2) is 74.4 Å². The third-order valence-electron chi connectivity index (χ3n) is 7.32. The Hall–Kier alpha value is -3.84. The number of thiophene rings is 1. The molecule has 8 nitrogen and oxygen atoms in total.